The standard InChI is InChI=1S/C13H21N3O2S/c1-4-18-13(17)10-11(14)15-19-12(10)16-7-5-6-8(2)9(16)3/h8-9H,4-7H2,1-3H3,(H2,14,15). The molecule has 0 spiro atoms. The minimum absolute atomic E-state index is 0.281. The second-order valence-electron chi connectivity index (χ2n) is 5.02. The van der Waals surface area contributed by atoms with Crippen molar-refractivity contribution in [2.45, 2.75) is 39.7 Å². The minimum Gasteiger partial charge on any atom is -0.462 e. The van der Waals surface area contributed by atoms with Gasteiger partial charge in [-0.3, -0.25) is 0 Å². The zero-order valence-electron chi connectivity index (χ0n) is 11.7. The second-order valence-corrected chi connectivity index (χ2v) is 5.77. The van der Waals surface area contributed by atoms with Gasteiger partial charge in [0.15, 0.2) is 5.82 Å². The number of ether oxygens (including phenoxy) is 1. The molecule has 0 aromatic carbocycles. The number of carbonyl (C=O) groups excluding carboxylic acids is 1. The van der Waals surface area contributed by atoms with E-state index in [1.807, 2.05) is 0 Å². The van der Waals surface area contributed by atoms with Crippen molar-refractivity contribution in [2.24, 2.45) is 5.92 Å². The van der Waals surface area contributed by atoms with Crippen LogP contribution in [0.15, 0.2) is 0 Å². The van der Waals surface area contributed by atoms with E-state index in [2.05, 4.69) is 23.1 Å². The Morgan fingerprint density at radius 3 is 3.00 bits per heavy atom. The van der Waals surface area contributed by atoms with Gasteiger partial charge in [-0.1, -0.05) is 6.92 Å². The summed E-state index contributed by atoms with van der Waals surface area (Å²) in [5.74, 6) is 0.519. The molecule has 1 aliphatic rings. The third kappa shape index (κ3) is 2.68. The summed E-state index contributed by atoms with van der Waals surface area (Å²) in [6.45, 7) is 7.51. The highest BCUT2D eigenvalue weighted by atomic mass is 32.1. The van der Waals surface area contributed by atoms with Crippen molar-refractivity contribution in [1.82, 2.24) is 4.37 Å². The van der Waals surface area contributed by atoms with Gasteiger partial charge in [-0.25, -0.2) is 4.79 Å². The Morgan fingerprint density at radius 2 is 2.32 bits per heavy atom. The number of carbonyl (C=O) groups is 1. The SMILES string of the molecule is CCOC(=O)c1c(N)nsc1N1CCCC(C)C1C. The van der Waals surface area contributed by atoms with Crippen molar-refractivity contribution in [3.05, 3.63) is 5.56 Å². The van der Waals surface area contributed by atoms with Gasteiger partial charge in [0.05, 0.1) is 6.61 Å². The van der Waals surface area contributed by atoms with E-state index < -0.39 is 0 Å². The number of nitrogens with two attached hydrogens (primary N) is 1. The summed E-state index contributed by atoms with van der Waals surface area (Å²) in [5.41, 5.74) is 6.27. The molecule has 2 atom stereocenters. The zero-order chi connectivity index (χ0) is 14.0. The molecule has 6 heteroatoms. The number of esters is 1. The molecule has 0 aliphatic carbocycles. The van der Waals surface area contributed by atoms with E-state index in [9.17, 15) is 4.79 Å². The molecule has 2 N–H and O–H groups in total. The quantitative estimate of drug-likeness (QED) is 0.863. The molecule has 0 saturated carbocycles. The van der Waals surface area contributed by atoms with E-state index in [1.54, 1.807) is 6.92 Å². The molecule has 2 rings (SSSR count). The number of hydrogen-bond donors (Lipinski definition) is 1. The summed E-state index contributed by atoms with van der Waals surface area (Å²) >= 11 is 1.29. The maximum Gasteiger partial charge on any atom is 0.345 e. The first-order valence-corrected chi connectivity index (χ1v) is 7.52. The van der Waals surface area contributed by atoms with E-state index in [1.165, 1.54) is 18.0 Å². The molecule has 1 aromatic heterocycles. The Kier molecular flexibility index (Phi) is 4.29. The Hall–Kier alpha value is -1.30. The minimum atomic E-state index is -0.367. The third-order valence-corrected chi connectivity index (χ3v) is 4.71. The number of nitrogen functional groups attached to an aromatic ring is 1. The first kappa shape index (κ1) is 14.1. The van der Waals surface area contributed by atoms with Gasteiger partial charge < -0.3 is 15.4 Å². The van der Waals surface area contributed by atoms with Crippen LogP contribution in [0.2, 0.25) is 0 Å². The van der Waals surface area contributed by atoms with Crippen LogP contribution in [-0.4, -0.2) is 29.5 Å². The van der Waals surface area contributed by atoms with Crippen molar-refractivity contribution < 1.29 is 9.53 Å². The van der Waals surface area contributed by atoms with Crippen molar-refractivity contribution >= 4 is 28.3 Å². The van der Waals surface area contributed by atoms with Crippen LogP contribution in [0.4, 0.5) is 10.8 Å². The fourth-order valence-electron chi connectivity index (χ4n) is 2.51. The Labute approximate surface area is 117 Å². The van der Waals surface area contributed by atoms with Gasteiger partial charge >= 0.3 is 5.97 Å². The van der Waals surface area contributed by atoms with Gasteiger partial charge in [-0.05, 0) is 44.1 Å². The summed E-state index contributed by atoms with van der Waals surface area (Å²) in [4.78, 5) is 14.3. The number of aromatic nitrogens is 1. The van der Waals surface area contributed by atoms with E-state index in [4.69, 9.17) is 10.5 Å². The predicted octanol–water partition coefficient (Wildman–Crippen LogP) is 2.53. The topological polar surface area (TPSA) is 68.5 Å². The van der Waals surface area contributed by atoms with Crippen LogP contribution in [0.3, 0.4) is 0 Å². The van der Waals surface area contributed by atoms with E-state index in [0.717, 1.165) is 18.0 Å². The average molecular weight is 283 g/mol. The van der Waals surface area contributed by atoms with Gasteiger partial charge in [-0.15, -0.1) is 0 Å². The number of nitrogens with zero attached hydrogens (tertiary/aromatic N) is 2. The number of piperidine rings is 1. The predicted molar refractivity (Wildman–Crippen MR) is 77.7 cm³/mol. The van der Waals surface area contributed by atoms with Crippen molar-refractivity contribution in [3.8, 4) is 0 Å². The first-order valence-electron chi connectivity index (χ1n) is 6.75. The lowest BCUT2D eigenvalue weighted by Gasteiger charge is -2.38. The van der Waals surface area contributed by atoms with Crippen molar-refractivity contribution in [1.29, 1.82) is 0 Å². The van der Waals surface area contributed by atoms with E-state index >= 15 is 0 Å². The number of anilines is 2. The summed E-state index contributed by atoms with van der Waals surface area (Å²) in [6, 6.07) is 0.391. The lowest BCUT2D eigenvalue weighted by Crippen LogP contribution is -2.42. The van der Waals surface area contributed by atoms with E-state index in [-0.39, 0.29) is 11.8 Å². The van der Waals surface area contributed by atoms with Gasteiger partial charge in [0, 0.05) is 12.6 Å². The van der Waals surface area contributed by atoms with Crippen LogP contribution in [0.1, 0.15) is 44.0 Å². The smallest absolute Gasteiger partial charge is 0.345 e. The van der Waals surface area contributed by atoms with Gasteiger partial charge in [0.25, 0.3) is 0 Å². The highest BCUT2D eigenvalue weighted by molar-refractivity contribution is 7.11. The van der Waals surface area contributed by atoms with Crippen molar-refractivity contribution in [2.75, 3.05) is 23.8 Å². The molecule has 0 radical (unpaired) electrons. The molecule has 1 fully saturated rings. The molecule has 5 nitrogen and oxygen atoms in total. The lowest BCUT2D eigenvalue weighted by molar-refractivity contribution is 0.0528. The summed E-state index contributed by atoms with van der Waals surface area (Å²) < 4.78 is 9.21. The van der Waals surface area contributed by atoms with Crippen LogP contribution in [-0.2, 0) is 4.74 Å². The van der Waals surface area contributed by atoms with Crippen molar-refractivity contribution in [3.63, 3.8) is 0 Å². The van der Waals surface area contributed by atoms with E-state index in [0.29, 0.717) is 24.1 Å². The summed E-state index contributed by atoms with van der Waals surface area (Å²) in [7, 11) is 0. The zero-order valence-corrected chi connectivity index (χ0v) is 12.5. The van der Waals surface area contributed by atoms with Gasteiger partial charge in [0.1, 0.15) is 10.6 Å². The first-order chi connectivity index (χ1) is 9.06. The van der Waals surface area contributed by atoms with Crippen LogP contribution in [0.25, 0.3) is 0 Å². The van der Waals surface area contributed by atoms with Crippen LogP contribution < -0.4 is 10.6 Å². The normalized spacial score (nSPS) is 23.4. The monoisotopic (exact) mass is 283 g/mol. The van der Waals surface area contributed by atoms with Crippen LogP contribution >= 0.6 is 11.5 Å². The summed E-state index contributed by atoms with van der Waals surface area (Å²) in [5, 5.41) is 0.856. The van der Waals surface area contributed by atoms with Crippen LogP contribution in [0.5, 0.6) is 0 Å². The molecule has 1 saturated heterocycles. The largest absolute Gasteiger partial charge is 0.462 e. The number of rotatable bonds is 3. The maximum absolute atomic E-state index is 12.0. The molecular formula is C13H21N3O2S. The average Bonchev–Trinajstić information content (AvgIpc) is 2.75. The fraction of sp³-hybridized carbons (Fsp3) is 0.692. The fourth-order valence-corrected chi connectivity index (χ4v) is 3.42. The second kappa shape index (κ2) is 5.77. The van der Waals surface area contributed by atoms with Crippen LogP contribution in [0, 0.1) is 5.92 Å². The molecule has 1 aromatic rings. The Morgan fingerprint density at radius 1 is 1.58 bits per heavy atom. The molecule has 2 heterocycles. The highest BCUT2D eigenvalue weighted by Gasteiger charge is 2.31. The molecule has 1 aliphatic heterocycles. The Bertz CT molecular complexity index is 461. The Balaban J connectivity index is 2.32. The maximum atomic E-state index is 12.0. The lowest BCUT2D eigenvalue weighted by atomic mass is 9.92. The summed E-state index contributed by atoms with van der Waals surface area (Å²) in [6.07, 6.45) is 2.35. The molecule has 0 amide bonds. The third-order valence-electron chi connectivity index (χ3n) is 3.81. The van der Waals surface area contributed by atoms with Gasteiger partial charge in [0.2, 0.25) is 0 Å². The van der Waals surface area contributed by atoms with Gasteiger partial charge in [-0.2, -0.15) is 4.37 Å². The molecule has 0 bridgehead atoms. The number of hydrogen-bond acceptors (Lipinski definition) is 6. The molecular weight excluding hydrogens is 262 g/mol. The highest BCUT2D eigenvalue weighted by Crippen LogP contribution is 2.36. The molecule has 19 heavy (non-hydrogen) atoms. The molecule has 106 valence electrons. The molecule has 2 unspecified atom stereocenters.